The molecule has 1 aromatic heterocycles. The van der Waals surface area contributed by atoms with Crippen LogP contribution in [0.5, 0.6) is 5.88 Å². The maximum absolute atomic E-state index is 11.2. The molecule has 0 aliphatic rings. The van der Waals surface area contributed by atoms with Crippen LogP contribution in [0.2, 0.25) is 0 Å². The number of aromatic hydroxyl groups is 1. The van der Waals surface area contributed by atoms with Crippen LogP contribution in [-0.2, 0) is 18.4 Å². The molecule has 14 heavy (non-hydrogen) atoms. The second-order valence-corrected chi connectivity index (χ2v) is 3.03. The third kappa shape index (κ3) is 1.82. The van der Waals surface area contributed by atoms with Crippen molar-refractivity contribution >= 4 is 18.2 Å². The van der Waals surface area contributed by atoms with Gasteiger partial charge in [0, 0.05) is 7.05 Å². The van der Waals surface area contributed by atoms with Gasteiger partial charge in [-0.05, 0) is 12.2 Å². The lowest BCUT2D eigenvalue weighted by Gasteiger charge is -2.07. The molecule has 1 aromatic rings. The van der Waals surface area contributed by atoms with Gasteiger partial charge in [0.15, 0.2) is 10.7 Å². The SMILES string of the molecule is Cn1c(O)cc(=O)n(CC(=O)O)c1=S. The summed E-state index contributed by atoms with van der Waals surface area (Å²) >= 11 is 4.79. The van der Waals surface area contributed by atoms with Gasteiger partial charge >= 0.3 is 5.97 Å². The zero-order chi connectivity index (χ0) is 10.9. The number of aliphatic carboxylic acids is 1. The number of hydrogen-bond donors (Lipinski definition) is 2. The van der Waals surface area contributed by atoms with Crippen molar-refractivity contribution in [3.05, 3.63) is 21.2 Å². The molecular formula is C7H8N2O4S. The number of carboxylic acids is 1. The van der Waals surface area contributed by atoms with E-state index in [-0.39, 0.29) is 10.7 Å². The highest BCUT2D eigenvalue weighted by Gasteiger charge is 2.07. The van der Waals surface area contributed by atoms with Gasteiger partial charge in [-0.25, -0.2) is 0 Å². The Hall–Kier alpha value is -1.63. The summed E-state index contributed by atoms with van der Waals surface area (Å²) in [5.74, 6) is -1.45. The van der Waals surface area contributed by atoms with Crippen molar-refractivity contribution in [2.24, 2.45) is 7.05 Å². The molecule has 0 bridgehead atoms. The lowest BCUT2D eigenvalue weighted by Crippen LogP contribution is -2.26. The van der Waals surface area contributed by atoms with Crippen LogP contribution in [0.3, 0.4) is 0 Å². The highest BCUT2D eigenvalue weighted by Crippen LogP contribution is 2.03. The van der Waals surface area contributed by atoms with E-state index in [2.05, 4.69) is 0 Å². The molecule has 1 rings (SSSR count). The molecule has 7 heteroatoms. The molecule has 76 valence electrons. The van der Waals surface area contributed by atoms with Crippen LogP contribution in [-0.4, -0.2) is 25.3 Å². The normalized spacial score (nSPS) is 10.1. The van der Waals surface area contributed by atoms with Crippen molar-refractivity contribution in [1.29, 1.82) is 0 Å². The van der Waals surface area contributed by atoms with Gasteiger partial charge in [0.05, 0.1) is 6.07 Å². The Morgan fingerprint density at radius 1 is 1.64 bits per heavy atom. The first kappa shape index (κ1) is 10.5. The van der Waals surface area contributed by atoms with E-state index in [1.54, 1.807) is 0 Å². The Kier molecular flexibility index (Phi) is 2.70. The van der Waals surface area contributed by atoms with Crippen molar-refractivity contribution in [3.8, 4) is 5.88 Å². The first-order valence-electron chi connectivity index (χ1n) is 3.65. The maximum atomic E-state index is 11.2. The van der Waals surface area contributed by atoms with E-state index in [4.69, 9.17) is 17.3 Å². The van der Waals surface area contributed by atoms with Gasteiger partial charge in [-0.2, -0.15) is 0 Å². The topological polar surface area (TPSA) is 84.5 Å². The third-order valence-electron chi connectivity index (χ3n) is 1.67. The monoisotopic (exact) mass is 216 g/mol. The maximum Gasteiger partial charge on any atom is 0.323 e. The van der Waals surface area contributed by atoms with Gasteiger partial charge in [-0.3, -0.25) is 18.7 Å². The number of carboxylic acid groups (broad SMARTS) is 1. The summed E-state index contributed by atoms with van der Waals surface area (Å²) in [4.78, 5) is 21.6. The minimum absolute atomic E-state index is 0.0302. The van der Waals surface area contributed by atoms with Crippen molar-refractivity contribution < 1.29 is 15.0 Å². The van der Waals surface area contributed by atoms with Gasteiger partial charge in [-0.15, -0.1) is 0 Å². The Balaban J connectivity index is 3.45. The number of aromatic nitrogens is 2. The Labute approximate surface area is 83.7 Å². The second-order valence-electron chi connectivity index (χ2n) is 2.66. The molecule has 0 unspecified atom stereocenters. The zero-order valence-corrected chi connectivity index (χ0v) is 8.11. The molecule has 0 radical (unpaired) electrons. The van der Waals surface area contributed by atoms with Crippen LogP contribution in [0.25, 0.3) is 0 Å². The first-order valence-corrected chi connectivity index (χ1v) is 4.06. The summed E-state index contributed by atoms with van der Waals surface area (Å²) in [6.07, 6.45) is 0. The number of carbonyl (C=O) groups is 1. The summed E-state index contributed by atoms with van der Waals surface area (Å²) < 4.78 is 2.01. The molecule has 0 aliphatic carbocycles. The van der Waals surface area contributed by atoms with E-state index in [0.717, 1.165) is 15.2 Å². The molecule has 6 nitrogen and oxygen atoms in total. The molecule has 0 aromatic carbocycles. The molecule has 2 N–H and O–H groups in total. The van der Waals surface area contributed by atoms with Gasteiger partial charge in [0.1, 0.15) is 6.54 Å². The van der Waals surface area contributed by atoms with Crippen LogP contribution in [0.15, 0.2) is 10.9 Å². The fourth-order valence-electron chi connectivity index (χ4n) is 0.939. The van der Waals surface area contributed by atoms with Crippen LogP contribution in [0.4, 0.5) is 0 Å². The standard InChI is InChI=1S/C7H8N2O4S/c1-8-4(10)2-5(11)9(7(8)14)3-6(12)13/h2,10H,3H2,1H3,(H,12,13). The molecule has 0 atom stereocenters. The Morgan fingerprint density at radius 3 is 2.71 bits per heavy atom. The minimum Gasteiger partial charge on any atom is -0.494 e. The van der Waals surface area contributed by atoms with Crippen molar-refractivity contribution in [2.75, 3.05) is 0 Å². The van der Waals surface area contributed by atoms with E-state index < -0.39 is 18.1 Å². The van der Waals surface area contributed by atoms with Crippen LogP contribution < -0.4 is 5.56 Å². The predicted molar refractivity (Wildman–Crippen MR) is 49.8 cm³/mol. The van der Waals surface area contributed by atoms with Crippen LogP contribution in [0, 0.1) is 4.77 Å². The van der Waals surface area contributed by atoms with E-state index >= 15 is 0 Å². The summed E-state index contributed by atoms with van der Waals surface area (Å²) in [5, 5.41) is 17.7. The van der Waals surface area contributed by atoms with Crippen molar-refractivity contribution in [2.45, 2.75) is 6.54 Å². The highest BCUT2D eigenvalue weighted by atomic mass is 32.1. The van der Waals surface area contributed by atoms with Gasteiger partial charge in [0.2, 0.25) is 0 Å². The van der Waals surface area contributed by atoms with Crippen molar-refractivity contribution in [3.63, 3.8) is 0 Å². The number of rotatable bonds is 2. The Morgan fingerprint density at radius 2 is 2.21 bits per heavy atom. The lowest BCUT2D eigenvalue weighted by atomic mass is 10.5. The molecular weight excluding hydrogens is 208 g/mol. The van der Waals surface area contributed by atoms with Gasteiger partial charge in [-0.1, -0.05) is 0 Å². The predicted octanol–water partition coefficient (Wildman–Crippen LogP) is -0.294. The summed E-state index contributed by atoms with van der Waals surface area (Å²) in [6, 6.07) is 0.915. The highest BCUT2D eigenvalue weighted by molar-refractivity contribution is 7.71. The molecule has 0 aliphatic heterocycles. The average Bonchev–Trinajstić information content (AvgIpc) is 2.09. The summed E-state index contributed by atoms with van der Waals surface area (Å²) in [6.45, 7) is -0.508. The van der Waals surface area contributed by atoms with Gasteiger partial charge < -0.3 is 10.2 Å². The molecule has 0 spiro atoms. The molecule has 0 amide bonds. The average molecular weight is 216 g/mol. The van der Waals surface area contributed by atoms with Crippen LogP contribution >= 0.6 is 12.2 Å². The Bertz CT molecular complexity index is 487. The summed E-state index contributed by atoms with van der Waals surface area (Å²) in [5.41, 5.74) is -0.631. The molecule has 0 fully saturated rings. The first-order chi connectivity index (χ1) is 6.43. The van der Waals surface area contributed by atoms with Crippen LogP contribution in [0.1, 0.15) is 0 Å². The lowest BCUT2D eigenvalue weighted by molar-refractivity contribution is -0.137. The number of nitrogens with zero attached hydrogens (tertiary/aromatic N) is 2. The fraction of sp³-hybridized carbons (Fsp3) is 0.286. The smallest absolute Gasteiger partial charge is 0.323 e. The van der Waals surface area contributed by atoms with E-state index in [1.807, 2.05) is 0 Å². The summed E-state index contributed by atoms with van der Waals surface area (Å²) in [7, 11) is 1.44. The molecule has 1 heterocycles. The fourth-order valence-corrected chi connectivity index (χ4v) is 1.19. The van der Waals surface area contributed by atoms with E-state index in [9.17, 15) is 14.7 Å². The quantitative estimate of drug-likeness (QED) is 0.663. The number of hydrogen-bond acceptors (Lipinski definition) is 4. The zero-order valence-electron chi connectivity index (χ0n) is 7.30. The minimum atomic E-state index is -1.16. The third-order valence-corrected chi connectivity index (χ3v) is 2.17. The van der Waals surface area contributed by atoms with Gasteiger partial charge in [0.25, 0.3) is 5.56 Å². The van der Waals surface area contributed by atoms with Crippen molar-refractivity contribution in [1.82, 2.24) is 9.13 Å². The second kappa shape index (κ2) is 3.62. The molecule has 0 saturated carbocycles. The largest absolute Gasteiger partial charge is 0.494 e. The van der Waals surface area contributed by atoms with E-state index in [1.165, 1.54) is 7.05 Å². The van der Waals surface area contributed by atoms with E-state index in [0.29, 0.717) is 0 Å². The molecule has 0 saturated heterocycles.